The number of rotatable bonds is 5. The standard InChI is InChI=1S/C14H21N3O3S/c1-5-7-6-8(7)16-12-9(14(19)20-4)10(15)11(21-12)13(18)17(2)3/h7-8,16H,5-6,15H2,1-4H3. The average molecular weight is 311 g/mol. The topological polar surface area (TPSA) is 84.7 Å². The maximum absolute atomic E-state index is 12.1. The van der Waals surface area contributed by atoms with Gasteiger partial charge in [-0.25, -0.2) is 4.79 Å². The first-order chi connectivity index (χ1) is 9.90. The molecule has 1 fully saturated rings. The van der Waals surface area contributed by atoms with Crippen molar-refractivity contribution in [2.75, 3.05) is 32.3 Å². The van der Waals surface area contributed by atoms with Gasteiger partial charge in [-0.2, -0.15) is 0 Å². The van der Waals surface area contributed by atoms with Gasteiger partial charge in [0.15, 0.2) is 0 Å². The number of nitrogens with zero attached hydrogens (tertiary/aromatic N) is 1. The van der Waals surface area contributed by atoms with Crippen LogP contribution in [-0.2, 0) is 4.74 Å². The molecule has 2 rings (SSSR count). The van der Waals surface area contributed by atoms with Crippen LogP contribution in [0.4, 0.5) is 10.7 Å². The Kier molecular flexibility index (Phi) is 4.41. The fraction of sp³-hybridized carbons (Fsp3) is 0.571. The van der Waals surface area contributed by atoms with Crippen molar-refractivity contribution in [3.63, 3.8) is 0 Å². The highest BCUT2D eigenvalue weighted by atomic mass is 32.1. The fourth-order valence-corrected chi connectivity index (χ4v) is 3.45. The zero-order valence-corrected chi connectivity index (χ0v) is 13.5. The van der Waals surface area contributed by atoms with E-state index >= 15 is 0 Å². The van der Waals surface area contributed by atoms with E-state index in [4.69, 9.17) is 10.5 Å². The number of nitrogen functional groups attached to an aromatic ring is 1. The highest BCUT2D eigenvalue weighted by Gasteiger charge is 2.37. The van der Waals surface area contributed by atoms with Gasteiger partial charge in [-0.3, -0.25) is 4.79 Å². The largest absolute Gasteiger partial charge is 0.465 e. The van der Waals surface area contributed by atoms with Gasteiger partial charge in [0.1, 0.15) is 15.4 Å². The first-order valence-electron chi connectivity index (χ1n) is 6.89. The van der Waals surface area contributed by atoms with Crippen molar-refractivity contribution < 1.29 is 14.3 Å². The van der Waals surface area contributed by atoms with Crippen LogP contribution in [0.25, 0.3) is 0 Å². The van der Waals surface area contributed by atoms with E-state index in [-0.39, 0.29) is 17.2 Å². The monoisotopic (exact) mass is 311 g/mol. The summed E-state index contributed by atoms with van der Waals surface area (Å²) in [4.78, 5) is 25.9. The Morgan fingerprint density at radius 1 is 1.48 bits per heavy atom. The molecule has 2 atom stereocenters. The zero-order valence-electron chi connectivity index (χ0n) is 12.7. The molecular formula is C14H21N3O3S. The maximum Gasteiger partial charge on any atom is 0.343 e. The van der Waals surface area contributed by atoms with Crippen LogP contribution in [0.3, 0.4) is 0 Å². The van der Waals surface area contributed by atoms with E-state index in [2.05, 4.69) is 12.2 Å². The second kappa shape index (κ2) is 5.93. The summed E-state index contributed by atoms with van der Waals surface area (Å²) in [5.41, 5.74) is 6.47. The van der Waals surface area contributed by atoms with Crippen LogP contribution in [0.1, 0.15) is 39.8 Å². The molecule has 0 aliphatic heterocycles. The van der Waals surface area contributed by atoms with E-state index in [9.17, 15) is 9.59 Å². The summed E-state index contributed by atoms with van der Waals surface area (Å²) in [7, 11) is 4.61. The molecule has 116 valence electrons. The van der Waals surface area contributed by atoms with Gasteiger partial charge in [0.05, 0.1) is 12.8 Å². The number of carbonyl (C=O) groups is 2. The Morgan fingerprint density at radius 3 is 2.62 bits per heavy atom. The third-order valence-corrected chi connectivity index (χ3v) is 4.82. The number of nitrogens with one attached hydrogen (secondary N) is 1. The first kappa shape index (κ1) is 15.6. The molecule has 0 radical (unpaired) electrons. The first-order valence-corrected chi connectivity index (χ1v) is 7.71. The number of methoxy groups -OCH3 is 1. The normalized spacial score (nSPS) is 20.0. The van der Waals surface area contributed by atoms with Gasteiger partial charge in [0, 0.05) is 20.1 Å². The molecule has 2 unspecified atom stereocenters. The fourth-order valence-electron chi connectivity index (χ4n) is 2.26. The van der Waals surface area contributed by atoms with Crippen LogP contribution < -0.4 is 11.1 Å². The molecule has 0 saturated heterocycles. The van der Waals surface area contributed by atoms with E-state index in [1.807, 2.05) is 0 Å². The third-order valence-electron chi connectivity index (χ3n) is 3.70. The van der Waals surface area contributed by atoms with Crippen molar-refractivity contribution in [1.82, 2.24) is 4.90 Å². The van der Waals surface area contributed by atoms with E-state index in [1.54, 1.807) is 14.1 Å². The quantitative estimate of drug-likeness (QED) is 0.813. The van der Waals surface area contributed by atoms with E-state index in [1.165, 1.54) is 23.3 Å². The molecule has 1 aromatic heterocycles. The molecule has 6 nitrogen and oxygen atoms in total. The Bertz CT molecular complexity index is 568. The molecule has 0 spiro atoms. The molecule has 3 N–H and O–H groups in total. The van der Waals surface area contributed by atoms with Gasteiger partial charge < -0.3 is 20.7 Å². The van der Waals surface area contributed by atoms with Crippen LogP contribution in [0.15, 0.2) is 0 Å². The predicted octanol–water partition coefficient (Wildman–Crippen LogP) is 2.03. The van der Waals surface area contributed by atoms with E-state index in [0.717, 1.165) is 12.8 Å². The summed E-state index contributed by atoms with van der Waals surface area (Å²) in [6.07, 6.45) is 2.17. The predicted molar refractivity (Wildman–Crippen MR) is 83.9 cm³/mol. The van der Waals surface area contributed by atoms with Crippen molar-refractivity contribution in [3.05, 3.63) is 10.4 Å². The molecule has 0 aromatic carbocycles. The summed E-state index contributed by atoms with van der Waals surface area (Å²) in [6, 6.07) is 0.346. The van der Waals surface area contributed by atoms with Crippen molar-refractivity contribution in [1.29, 1.82) is 0 Å². The number of thiophene rings is 1. The Morgan fingerprint density at radius 2 is 2.14 bits per heavy atom. The number of carbonyl (C=O) groups excluding carboxylic acids is 2. The number of nitrogens with two attached hydrogens (primary N) is 1. The number of esters is 1. The van der Waals surface area contributed by atoms with Crippen molar-refractivity contribution in [2.24, 2.45) is 5.92 Å². The highest BCUT2D eigenvalue weighted by Crippen LogP contribution is 2.42. The minimum Gasteiger partial charge on any atom is -0.465 e. The maximum atomic E-state index is 12.1. The van der Waals surface area contributed by atoms with Crippen LogP contribution in [-0.4, -0.2) is 44.0 Å². The minimum atomic E-state index is -0.516. The van der Waals surface area contributed by atoms with Crippen molar-refractivity contribution in [2.45, 2.75) is 25.8 Å². The van der Waals surface area contributed by atoms with Gasteiger partial charge in [-0.1, -0.05) is 13.3 Å². The molecule has 7 heteroatoms. The average Bonchev–Trinajstić information content (AvgIpc) is 3.13. The lowest BCUT2D eigenvalue weighted by Gasteiger charge is -2.08. The zero-order chi connectivity index (χ0) is 15.7. The Labute approximate surface area is 128 Å². The number of amides is 1. The van der Waals surface area contributed by atoms with Crippen molar-refractivity contribution >= 4 is 33.9 Å². The van der Waals surface area contributed by atoms with Crippen LogP contribution in [0.5, 0.6) is 0 Å². The number of hydrogen-bond donors (Lipinski definition) is 2. The molecule has 0 bridgehead atoms. The molecule has 21 heavy (non-hydrogen) atoms. The number of anilines is 2. The lowest BCUT2D eigenvalue weighted by atomic mass is 10.2. The molecule has 1 aliphatic rings. The smallest absolute Gasteiger partial charge is 0.343 e. The Balaban J connectivity index is 2.35. The summed E-state index contributed by atoms with van der Waals surface area (Å²) in [5.74, 6) is -0.108. The van der Waals surface area contributed by atoms with Crippen LogP contribution >= 0.6 is 11.3 Å². The number of ether oxygens (including phenoxy) is 1. The van der Waals surface area contributed by atoms with Gasteiger partial charge in [0.2, 0.25) is 0 Å². The molecule has 1 aliphatic carbocycles. The van der Waals surface area contributed by atoms with Crippen LogP contribution in [0.2, 0.25) is 0 Å². The molecular weight excluding hydrogens is 290 g/mol. The number of hydrogen-bond acceptors (Lipinski definition) is 6. The molecule has 1 aromatic rings. The van der Waals surface area contributed by atoms with Crippen molar-refractivity contribution in [3.8, 4) is 0 Å². The molecule has 1 amide bonds. The van der Waals surface area contributed by atoms with E-state index < -0.39 is 5.97 Å². The Hall–Kier alpha value is -1.76. The van der Waals surface area contributed by atoms with Crippen LogP contribution in [0, 0.1) is 5.92 Å². The third kappa shape index (κ3) is 2.97. The lowest BCUT2D eigenvalue weighted by Crippen LogP contribution is -2.21. The second-order valence-corrected chi connectivity index (χ2v) is 6.42. The molecule has 1 saturated carbocycles. The lowest BCUT2D eigenvalue weighted by molar-refractivity contribution is 0.0603. The van der Waals surface area contributed by atoms with Gasteiger partial charge >= 0.3 is 5.97 Å². The van der Waals surface area contributed by atoms with Gasteiger partial charge in [0.25, 0.3) is 5.91 Å². The second-order valence-electron chi connectivity index (χ2n) is 5.40. The summed E-state index contributed by atoms with van der Waals surface area (Å²) < 4.78 is 4.79. The van der Waals surface area contributed by atoms with E-state index in [0.29, 0.717) is 21.8 Å². The molecule has 1 heterocycles. The van der Waals surface area contributed by atoms with Gasteiger partial charge in [-0.15, -0.1) is 11.3 Å². The van der Waals surface area contributed by atoms with Gasteiger partial charge in [-0.05, 0) is 12.3 Å². The summed E-state index contributed by atoms with van der Waals surface area (Å²) in [5, 5.41) is 3.95. The SMILES string of the molecule is CCC1CC1Nc1sc(C(=O)N(C)C)c(N)c1C(=O)OC. The highest BCUT2D eigenvalue weighted by molar-refractivity contribution is 7.19. The summed E-state index contributed by atoms with van der Waals surface area (Å²) in [6.45, 7) is 2.14. The summed E-state index contributed by atoms with van der Waals surface area (Å²) >= 11 is 1.22. The minimum absolute atomic E-state index is 0.196.